The van der Waals surface area contributed by atoms with E-state index in [1.807, 2.05) is 7.05 Å². The van der Waals surface area contributed by atoms with E-state index in [4.69, 9.17) is 0 Å². The smallest absolute Gasteiger partial charge is 0.0415 e. The molecule has 1 aromatic carbocycles. The van der Waals surface area contributed by atoms with Gasteiger partial charge in [-0.1, -0.05) is 29.8 Å². The van der Waals surface area contributed by atoms with Gasteiger partial charge in [-0.15, -0.1) is 0 Å². The van der Waals surface area contributed by atoms with Crippen LogP contribution in [0.15, 0.2) is 22.7 Å². The number of hydrogen-bond donors (Lipinski definition) is 1. The van der Waals surface area contributed by atoms with Crippen LogP contribution in [-0.2, 0) is 0 Å². The van der Waals surface area contributed by atoms with Gasteiger partial charge in [-0.05, 0) is 44.2 Å². The third kappa shape index (κ3) is 3.92. The molecule has 1 atom stereocenters. The van der Waals surface area contributed by atoms with Gasteiger partial charge in [0.15, 0.2) is 0 Å². The van der Waals surface area contributed by atoms with Crippen molar-refractivity contribution in [2.75, 3.05) is 30.8 Å². The average Bonchev–Trinajstić information content (AvgIpc) is 2.59. The number of thioether (sulfide) groups is 1. The Morgan fingerprint density at radius 2 is 2.10 bits per heavy atom. The van der Waals surface area contributed by atoms with E-state index >= 15 is 0 Å². The van der Waals surface area contributed by atoms with Crippen LogP contribution in [0.25, 0.3) is 0 Å². The summed E-state index contributed by atoms with van der Waals surface area (Å²) in [4.78, 5) is 2.55. The van der Waals surface area contributed by atoms with E-state index in [2.05, 4.69) is 76.9 Å². The minimum Gasteiger partial charge on any atom is -0.370 e. The first kappa shape index (κ1) is 16.2. The lowest BCUT2D eigenvalue weighted by Gasteiger charge is -2.28. The van der Waals surface area contributed by atoms with Crippen LogP contribution in [-0.4, -0.2) is 30.6 Å². The molecule has 0 radical (unpaired) electrons. The first-order valence-electron chi connectivity index (χ1n) is 7.28. The second-order valence-corrected chi connectivity index (χ2v) is 8.78. The normalized spacial score (nSPS) is 20.6. The minimum atomic E-state index is 0.367. The van der Waals surface area contributed by atoms with Gasteiger partial charge in [0.05, 0.1) is 0 Å². The molecule has 112 valence electrons. The van der Waals surface area contributed by atoms with Gasteiger partial charge in [-0.25, -0.2) is 0 Å². The fourth-order valence-electron chi connectivity index (χ4n) is 2.58. The highest BCUT2D eigenvalue weighted by molar-refractivity contribution is 9.10. The Hall–Kier alpha value is -0.190. The van der Waals surface area contributed by atoms with Crippen LogP contribution in [0.2, 0.25) is 0 Å². The summed E-state index contributed by atoms with van der Waals surface area (Å²) in [5.41, 5.74) is 2.76. The lowest BCUT2D eigenvalue weighted by atomic mass is 10.0. The molecule has 0 saturated carbocycles. The molecule has 1 N–H and O–H groups in total. The third-order valence-electron chi connectivity index (χ3n) is 4.07. The number of benzene rings is 1. The number of rotatable bonds is 3. The summed E-state index contributed by atoms with van der Waals surface area (Å²) in [5, 5.41) is 3.37. The molecule has 4 heteroatoms. The molecule has 1 aromatic rings. The highest BCUT2D eigenvalue weighted by atomic mass is 79.9. The molecule has 1 saturated heterocycles. The van der Waals surface area contributed by atoms with Gasteiger partial charge in [0.25, 0.3) is 0 Å². The van der Waals surface area contributed by atoms with Crippen LogP contribution in [0, 0.1) is 0 Å². The Bertz CT molecular complexity index is 462. The van der Waals surface area contributed by atoms with Crippen LogP contribution < -0.4 is 10.2 Å². The molecule has 2 rings (SSSR count). The van der Waals surface area contributed by atoms with E-state index in [1.165, 1.54) is 23.4 Å². The quantitative estimate of drug-likeness (QED) is 0.860. The molecule has 1 aliphatic heterocycles. The van der Waals surface area contributed by atoms with Crippen molar-refractivity contribution in [1.29, 1.82) is 0 Å². The van der Waals surface area contributed by atoms with Gasteiger partial charge < -0.3 is 10.2 Å². The van der Waals surface area contributed by atoms with Crippen molar-refractivity contribution in [2.45, 2.75) is 38.0 Å². The Kier molecular flexibility index (Phi) is 5.43. The lowest BCUT2D eigenvalue weighted by molar-refractivity contribution is 0.624. The molecule has 20 heavy (non-hydrogen) atoms. The van der Waals surface area contributed by atoms with E-state index in [1.54, 1.807) is 0 Å². The van der Waals surface area contributed by atoms with Gasteiger partial charge in [0.1, 0.15) is 0 Å². The molecule has 0 aliphatic carbocycles. The van der Waals surface area contributed by atoms with Crippen molar-refractivity contribution >= 4 is 33.4 Å². The molecule has 2 nitrogen and oxygen atoms in total. The molecule has 0 bridgehead atoms. The predicted molar refractivity (Wildman–Crippen MR) is 95.0 cm³/mol. The van der Waals surface area contributed by atoms with Gasteiger partial charge in [-0.2, -0.15) is 11.8 Å². The highest BCUT2D eigenvalue weighted by Crippen LogP contribution is 2.35. The Morgan fingerprint density at radius 1 is 1.35 bits per heavy atom. The first-order valence-corrected chi connectivity index (χ1v) is 9.06. The topological polar surface area (TPSA) is 15.3 Å². The largest absolute Gasteiger partial charge is 0.370 e. The summed E-state index contributed by atoms with van der Waals surface area (Å²) in [5.74, 6) is 1.20. The third-order valence-corrected chi connectivity index (χ3v) is 5.93. The first-order chi connectivity index (χ1) is 9.43. The molecule has 1 fully saturated rings. The predicted octanol–water partition coefficient (Wildman–Crippen LogP) is 4.45. The molecule has 1 unspecified atom stereocenters. The number of nitrogens with zero attached hydrogens (tertiary/aromatic N) is 1. The maximum absolute atomic E-state index is 3.60. The molecule has 0 amide bonds. The van der Waals surface area contributed by atoms with Crippen LogP contribution in [0.4, 0.5) is 5.69 Å². The van der Waals surface area contributed by atoms with E-state index in [9.17, 15) is 0 Å². The summed E-state index contributed by atoms with van der Waals surface area (Å²) >= 11 is 5.70. The zero-order valence-electron chi connectivity index (χ0n) is 12.9. The number of hydrogen-bond acceptors (Lipinski definition) is 3. The summed E-state index contributed by atoms with van der Waals surface area (Å²) in [6.45, 7) is 9.23. The molecule has 1 heterocycles. The maximum atomic E-state index is 3.60. The van der Waals surface area contributed by atoms with Crippen molar-refractivity contribution in [3.8, 4) is 0 Å². The van der Waals surface area contributed by atoms with E-state index in [0.717, 1.165) is 17.6 Å². The SMILES string of the molecule is CNC(C)c1cc(Br)ccc1N1CCSC(C)(C)CC1. The fraction of sp³-hybridized carbons (Fsp3) is 0.625. The summed E-state index contributed by atoms with van der Waals surface area (Å²) < 4.78 is 1.56. The van der Waals surface area contributed by atoms with Gasteiger partial charge in [0, 0.05) is 39.8 Å². The van der Waals surface area contributed by atoms with Crippen molar-refractivity contribution in [3.63, 3.8) is 0 Å². The minimum absolute atomic E-state index is 0.367. The van der Waals surface area contributed by atoms with Crippen LogP contribution in [0.1, 0.15) is 38.8 Å². The molecular formula is C16H25BrN2S. The van der Waals surface area contributed by atoms with Crippen molar-refractivity contribution in [1.82, 2.24) is 5.32 Å². The zero-order valence-corrected chi connectivity index (χ0v) is 15.3. The molecule has 1 aliphatic rings. The van der Waals surface area contributed by atoms with Crippen molar-refractivity contribution in [3.05, 3.63) is 28.2 Å². The van der Waals surface area contributed by atoms with Crippen LogP contribution in [0.3, 0.4) is 0 Å². The number of anilines is 1. The van der Waals surface area contributed by atoms with Gasteiger partial charge in [-0.3, -0.25) is 0 Å². The molecular weight excluding hydrogens is 332 g/mol. The van der Waals surface area contributed by atoms with E-state index in [0.29, 0.717) is 10.8 Å². The van der Waals surface area contributed by atoms with Gasteiger partial charge >= 0.3 is 0 Å². The second-order valence-electron chi connectivity index (χ2n) is 6.06. The van der Waals surface area contributed by atoms with Crippen LogP contribution in [0.5, 0.6) is 0 Å². The summed E-state index contributed by atoms with van der Waals surface area (Å²) in [6.07, 6.45) is 1.24. The monoisotopic (exact) mass is 356 g/mol. The summed E-state index contributed by atoms with van der Waals surface area (Å²) in [7, 11) is 2.02. The zero-order chi connectivity index (χ0) is 14.8. The highest BCUT2D eigenvalue weighted by Gasteiger charge is 2.25. The maximum Gasteiger partial charge on any atom is 0.0415 e. The van der Waals surface area contributed by atoms with Gasteiger partial charge in [0.2, 0.25) is 0 Å². The molecule has 0 spiro atoms. The van der Waals surface area contributed by atoms with Crippen LogP contribution >= 0.6 is 27.7 Å². The summed E-state index contributed by atoms with van der Waals surface area (Å²) in [6, 6.07) is 7.03. The fourth-order valence-corrected chi connectivity index (χ4v) is 4.06. The Labute approximate surface area is 135 Å². The van der Waals surface area contributed by atoms with E-state index < -0.39 is 0 Å². The Balaban J connectivity index is 2.27. The molecule has 0 aromatic heterocycles. The van der Waals surface area contributed by atoms with Crippen molar-refractivity contribution in [2.24, 2.45) is 0 Å². The second kappa shape index (κ2) is 6.71. The Morgan fingerprint density at radius 3 is 2.80 bits per heavy atom. The lowest BCUT2D eigenvalue weighted by Crippen LogP contribution is -2.29. The average molecular weight is 357 g/mol. The number of halogens is 1. The van der Waals surface area contributed by atoms with Crippen molar-refractivity contribution < 1.29 is 0 Å². The standard InChI is InChI=1S/C16H25BrN2S/c1-12(18-4)14-11-13(17)5-6-15(14)19-8-7-16(2,3)20-10-9-19/h5-6,11-12,18H,7-10H2,1-4H3. The number of nitrogens with one attached hydrogen (secondary N) is 1. The van der Waals surface area contributed by atoms with E-state index in [-0.39, 0.29) is 0 Å².